The van der Waals surface area contributed by atoms with Crippen LogP contribution in [-0.4, -0.2) is 35.4 Å². The van der Waals surface area contributed by atoms with Crippen LogP contribution in [-0.2, 0) is 0 Å². The summed E-state index contributed by atoms with van der Waals surface area (Å²) in [5.74, 6) is 0.594. The normalized spacial score (nSPS) is 10.3. The average Bonchev–Trinajstić information content (AvgIpc) is 2.40. The summed E-state index contributed by atoms with van der Waals surface area (Å²) in [6.45, 7) is 8.32. The zero-order valence-electron chi connectivity index (χ0n) is 11.9. The van der Waals surface area contributed by atoms with Gasteiger partial charge in [0.1, 0.15) is 11.5 Å². The van der Waals surface area contributed by atoms with Crippen LogP contribution in [0.5, 0.6) is 0 Å². The molecule has 0 saturated carbocycles. The van der Waals surface area contributed by atoms with E-state index in [4.69, 9.17) is 11.6 Å². The second kappa shape index (κ2) is 8.00. The van der Waals surface area contributed by atoms with Crippen molar-refractivity contribution < 1.29 is 4.79 Å². The summed E-state index contributed by atoms with van der Waals surface area (Å²) in [5.41, 5.74) is 0.335. The predicted molar refractivity (Wildman–Crippen MR) is 79.9 cm³/mol. The number of aromatic nitrogens is 1. The van der Waals surface area contributed by atoms with Crippen molar-refractivity contribution >= 4 is 23.3 Å². The molecule has 0 radical (unpaired) electrons. The standard InChI is InChI=1S/C14H22ClN3O/c1-4-9-18(10-5-2)14(19)13-11(15)7-8-12(17-13)16-6-3/h7-8H,4-6,9-10H2,1-3H3,(H,16,17). The van der Waals surface area contributed by atoms with Gasteiger partial charge in [-0.3, -0.25) is 4.79 Å². The Morgan fingerprint density at radius 2 is 1.89 bits per heavy atom. The minimum Gasteiger partial charge on any atom is -0.370 e. The van der Waals surface area contributed by atoms with Crippen LogP contribution in [0.3, 0.4) is 0 Å². The number of carbonyl (C=O) groups excluding carboxylic acids is 1. The van der Waals surface area contributed by atoms with Crippen molar-refractivity contribution in [2.75, 3.05) is 25.0 Å². The summed E-state index contributed by atoms with van der Waals surface area (Å²) < 4.78 is 0. The van der Waals surface area contributed by atoms with Gasteiger partial charge in [-0.15, -0.1) is 0 Å². The first-order valence-corrected chi connectivity index (χ1v) is 7.21. The molecule has 1 aromatic rings. The zero-order chi connectivity index (χ0) is 14.3. The van der Waals surface area contributed by atoms with Gasteiger partial charge in [0, 0.05) is 19.6 Å². The molecule has 1 heterocycles. The number of nitrogens with one attached hydrogen (secondary N) is 1. The molecule has 0 aliphatic heterocycles. The van der Waals surface area contributed by atoms with Crippen molar-refractivity contribution in [2.45, 2.75) is 33.6 Å². The molecule has 0 unspecified atom stereocenters. The molecule has 0 aliphatic rings. The van der Waals surface area contributed by atoms with Crippen molar-refractivity contribution in [3.63, 3.8) is 0 Å². The predicted octanol–water partition coefficient (Wildman–Crippen LogP) is 3.43. The number of pyridine rings is 1. The summed E-state index contributed by atoms with van der Waals surface area (Å²) in [6.07, 6.45) is 1.85. The quantitative estimate of drug-likeness (QED) is 0.834. The molecule has 0 bridgehead atoms. The summed E-state index contributed by atoms with van der Waals surface area (Å²) in [4.78, 5) is 18.6. The van der Waals surface area contributed by atoms with Gasteiger partial charge in [-0.25, -0.2) is 4.98 Å². The van der Waals surface area contributed by atoms with Crippen molar-refractivity contribution in [2.24, 2.45) is 0 Å². The highest BCUT2D eigenvalue weighted by atomic mass is 35.5. The number of hydrogen-bond donors (Lipinski definition) is 1. The van der Waals surface area contributed by atoms with Crippen LogP contribution >= 0.6 is 11.6 Å². The summed E-state index contributed by atoms with van der Waals surface area (Å²) in [7, 11) is 0. The van der Waals surface area contributed by atoms with E-state index in [0.29, 0.717) is 16.5 Å². The van der Waals surface area contributed by atoms with Crippen LogP contribution in [0, 0.1) is 0 Å². The Balaban J connectivity index is 2.98. The largest absolute Gasteiger partial charge is 0.370 e. The lowest BCUT2D eigenvalue weighted by atomic mass is 10.2. The maximum atomic E-state index is 12.5. The fourth-order valence-corrected chi connectivity index (χ4v) is 2.06. The van der Waals surface area contributed by atoms with Gasteiger partial charge in [0.25, 0.3) is 5.91 Å². The van der Waals surface area contributed by atoms with Crippen LogP contribution in [0.15, 0.2) is 12.1 Å². The molecule has 0 saturated heterocycles. The number of rotatable bonds is 7. The van der Waals surface area contributed by atoms with Gasteiger partial charge in [-0.1, -0.05) is 25.4 Å². The van der Waals surface area contributed by atoms with Gasteiger partial charge >= 0.3 is 0 Å². The van der Waals surface area contributed by atoms with Crippen molar-refractivity contribution in [3.05, 3.63) is 22.8 Å². The van der Waals surface area contributed by atoms with Gasteiger partial charge in [-0.05, 0) is 31.9 Å². The molecule has 4 nitrogen and oxygen atoms in total. The Hall–Kier alpha value is -1.29. The third-order valence-electron chi connectivity index (χ3n) is 2.68. The molecule has 1 rings (SSSR count). The highest BCUT2D eigenvalue weighted by molar-refractivity contribution is 6.33. The van der Waals surface area contributed by atoms with Crippen LogP contribution in [0.25, 0.3) is 0 Å². The molecular weight excluding hydrogens is 262 g/mol. The van der Waals surface area contributed by atoms with Crippen molar-refractivity contribution in [1.82, 2.24) is 9.88 Å². The Bertz CT molecular complexity index is 417. The second-order valence-electron chi connectivity index (χ2n) is 4.35. The Morgan fingerprint density at radius 3 is 2.42 bits per heavy atom. The number of amides is 1. The Kier molecular flexibility index (Phi) is 6.64. The molecular formula is C14H22ClN3O. The van der Waals surface area contributed by atoms with Crippen LogP contribution in [0.1, 0.15) is 44.1 Å². The summed E-state index contributed by atoms with van der Waals surface area (Å²) in [5, 5.41) is 3.50. The summed E-state index contributed by atoms with van der Waals surface area (Å²) >= 11 is 6.10. The highest BCUT2D eigenvalue weighted by Crippen LogP contribution is 2.18. The molecule has 1 N–H and O–H groups in total. The third-order valence-corrected chi connectivity index (χ3v) is 2.99. The lowest BCUT2D eigenvalue weighted by Crippen LogP contribution is -2.33. The molecule has 19 heavy (non-hydrogen) atoms. The molecule has 0 spiro atoms. The molecule has 0 fully saturated rings. The number of hydrogen-bond acceptors (Lipinski definition) is 3. The van der Waals surface area contributed by atoms with Gasteiger partial charge in [-0.2, -0.15) is 0 Å². The van der Waals surface area contributed by atoms with Crippen molar-refractivity contribution in [3.8, 4) is 0 Å². The van der Waals surface area contributed by atoms with Gasteiger partial charge in [0.15, 0.2) is 0 Å². The first kappa shape index (κ1) is 15.8. The van der Waals surface area contributed by atoms with E-state index in [0.717, 1.165) is 32.5 Å². The van der Waals surface area contributed by atoms with E-state index in [1.54, 1.807) is 12.1 Å². The molecule has 1 amide bonds. The van der Waals surface area contributed by atoms with E-state index < -0.39 is 0 Å². The van der Waals surface area contributed by atoms with Gasteiger partial charge in [0.2, 0.25) is 0 Å². The van der Waals surface area contributed by atoms with Crippen LogP contribution in [0.4, 0.5) is 5.82 Å². The third kappa shape index (κ3) is 4.39. The van der Waals surface area contributed by atoms with E-state index in [9.17, 15) is 4.79 Å². The lowest BCUT2D eigenvalue weighted by Gasteiger charge is -2.21. The molecule has 106 valence electrons. The lowest BCUT2D eigenvalue weighted by molar-refractivity contribution is 0.0750. The first-order chi connectivity index (χ1) is 9.13. The molecule has 5 heteroatoms. The second-order valence-corrected chi connectivity index (χ2v) is 4.76. The van der Waals surface area contributed by atoms with E-state index in [-0.39, 0.29) is 5.91 Å². The maximum Gasteiger partial charge on any atom is 0.274 e. The Labute approximate surface area is 120 Å². The van der Waals surface area contributed by atoms with Gasteiger partial charge in [0.05, 0.1) is 5.02 Å². The van der Waals surface area contributed by atoms with E-state index in [1.165, 1.54) is 0 Å². The summed E-state index contributed by atoms with van der Waals surface area (Å²) in [6, 6.07) is 3.50. The van der Waals surface area contributed by atoms with Crippen LogP contribution < -0.4 is 5.32 Å². The monoisotopic (exact) mass is 283 g/mol. The molecule has 1 aromatic heterocycles. The van der Waals surface area contributed by atoms with E-state index >= 15 is 0 Å². The maximum absolute atomic E-state index is 12.5. The van der Waals surface area contributed by atoms with E-state index in [1.807, 2.05) is 11.8 Å². The van der Waals surface area contributed by atoms with E-state index in [2.05, 4.69) is 24.1 Å². The molecule has 0 aromatic carbocycles. The number of carbonyl (C=O) groups is 1. The molecule has 0 atom stereocenters. The van der Waals surface area contributed by atoms with Gasteiger partial charge < -0.3 is 10.2 Å². The van der Waals surface area contributed by atoms with Crippen molar-refractivity contribution in [1.29, 1.82) is 0 Å². The van der Waals surface area contributed by atoms with Crippen LogP contribution in [0.2, 0.25) is 5.02 Å². The topological polar surface area (TPSA) is 45.2 Å². The number of halogens is 1. The number of nitrogens with zero attached hydrogens (tertiary/aromatic N) is 2. The first-order valence-electron chi connectivity index (χ1n) is 6.83. The smallest absolute Gasteiger partial charge is 0.274 e. The SMILES string of the molecule is CCCN(CCC)C(=O)c1nc(NCC)ccc1Cl. The minimum atomic E-state index is -0.0894. The fourth-order valence-electron chi connectivity index (χ4n) is 1.88. The zero-order valence-corrected chi connectivity index (χ0v) is 12.6. The highest BCUT2D eigenvalue weighted by Gasteiger charge is 2.19. The number of anilines is 1. The fraction of sp³-hybridized carbons (Fsp3) is 0.571. The molecule has 0 aliphatic carbocycles. The average molecular weight is 284 g/mol. The Morgan fingerprint density at radius 1 is 1.26 bits per heavy atom. The minimum absolute atomic E-state index is 0.0894.